The van der Waals surface area contributed by atoms with Crippen LogP contribution in [0.25, 0.3) is 6.08 Å². The minimum absolute atomic E-state index is 0.204. The molecule has 30 heavy (non-hydrogen) atoms. The lowest BCUT2D eigenvalue weighted by molar-refractivity contribution is -0.123. The molecule has 156 valence electrons. The smallest absolute Gasteiger partial charge is 0.293 e. The molecule has 8 heteroatoms. The van der Waals surface area contributed by atoms with E-state index in [1.54, 1.807) is 42.5 Å². The summed E-state index contributed by atoms with van der Waals surface area (Å²) < 4.78 is 12.3. The van der Waals surface area contributed by atoms with Crippen LogP contribution < -0.4 is 9.47 Å². The van der Waals surface area contributed by atoms with Crippen molar-refractivity contribution < 1.29 is 19.1 Å². The number of ether oxygens (including phenoxy) is 2. The van der Waals surface area contributed by atoms with Crippen molar-refractivity contribution in [3.05, 3.63) is 73.7 Å². The molecule has 0 atom stereocenters. The Morgan fingerprint density at radius 2 is 1.93 bits per heavy atom. The van der Waals surface area contributed by atoms with Gasteiger partial charge >= 0.3 is 0 Å². The van der Waals surface area contributed by atoms with Crippen LogP contribution in [0.15, 0.2) is 54.0 Å². The minimum Gasteiger partial charge on any atom is -0.490 e. The molecule has 3 rings (SSSR count). The van der Waals surface area contributed by atoms with E-state index < -0.39 is 0 Å². The van der Waals surface area contributed by atoms with Gasteiger partial charge in [-0.2, -0.15) is 0 Å². The van der Waals surface area contributed by atoms with Crippen molar-refractivity contribution in [2.45, 2.75) is 13.5 Å². The Bertz CT molecular complexity index is 1010. The fraction of sp³-hybridized carbons (Fsp3) is 0.182. The normalized spacial score (nSPS) is 15.0. The standard InChI is InChI=1S/C22H19ClINO4S/c1-3-9-29-20-17(24)10-15(11-18(20)28-4-2)12-19-21(26)25(22(27)30-19)13-14-5-7-16(23)8-6-14/h3,5-8,10-12H,1,4,9,13H2,2H3/b19-12-. The van der Waals surface area contributed by atoms with Gasteiger partial charge in [0.1, 0.15) is 6.61 Å². The topological polar surface area (TPSA) is 55.8 Å². The number of halogens is 2. The second-order valence-electron chi connectivity index (χ2n) is 6.26. The Balaban J connectivity index is 1.85. The molecule has 2 amide bonds. The van der Waals surface area contributed by atoms with Gasteiger partial charge < -0.3 is 9.47 Å². The number of carbonyl (C=O) groups excluding carboxylic acids is 2. The van der Waals surface area contributed by atoms with Crippen molar-refractivity contribution in [3.8, 4) is 11.5 Å². The molecular formula is C22H19ClINO4S. The minimum atomic E-state index is -0.320. The highest BCUT2D eigenvalue weighted by Gasteiger charge is 2.35. The van der Waals surface area contributed by atoms with E-state index in [0.717, 1.165) is 26.5 Å². The van der Waals surface area contributed by atoms with Crippen LogP contribution in [0.2, 0.25) is 5.02 Å². The van der Waals surface area contributed by atoms with Gasteiger partial charge in [-0.05, 0) is 82.7 Å². The van der Waals surface area contributed by atoms with Gasteiger partial charge in [-0.25, -0.2) is 0 Å². The highest BCUT2D eigenvalue weighted by atomic mass is 127. The molecule has 1 fully saturated rings. The van der Waals surface area contributed by atoms with Gasteiger partial charge in [0.2, 0.25) is 0 Å². The SMILES string of the molecule is C=CCOc1c(I)cc(/C=C2\SC(=O)N(Cc3ccc(Cl)cc3)C2=O)cc1OCC. The summed E-state index contributed by atoms with van der Waals surface area (Å²) in [6.07, 6.45) is 3.37. The molecule has 1 heterocycles. The zero-order chi connectivity index (χ0) is 21.7. The number of carbonyl (C=O) groups is 2. The van der Waals surface area contributed by atoms with Crippen LogP contribution >= 0.6 is 46.0 Å². The zero-order valence-electron chi connectivity index (χ0n) is 16.2. The summed E-state index contributed by atoms with van der Waals surface area (Å²) in [5.41, 5.74) is 1.59. The average Bonchev–Trinajstić information content (AvgIpc) is 2.96. The summed E-state index contributed by atoms with van der Waals surface area (Å²) in [4.78, 5) is 26.8. The van der Waals surface area contributed by atoms with Crippen molar-refractivity contribution in [3.63, 3.8) is 0 Å². The molecular weight excluding hydrogens is 537 g/mol. The van der Waals surface area contributed by atoms with E-state index in [4.69, 9.17) is 21.1 Å². The number of imide groups is 1. The van der Waals surface area contributed by atoms with E-state index in [0.29, 0.717) is 34.6 Å². The summed E-state index contributed by atoms with van der Waals surface area (Å²) in [7, 11) is 0. The first kappa shape index (κ1) is 22.7. The summed E-state index contributed by atoms with van der Waals surface area (Å²) in [5, 5.41) is 0.305. The van der Waals surface area contributed by atoms with Crippen molar-refractivity contribution in [2.24, 2.45) is 0 Å². The molecule has 0 aliphatic carbocycles. The quantitative estimate of drug-likeness (QED) is 0.222. The van der Waals surface area contributed by atoms with Crippen LogP contribution in [0, 0.1) is 3.57 Å². The molecule has 2 aromatic carbocycles. The lowest BCUT2D eigenvalue weighted by Gasteiger charge is -2.14. The fourth-order valence-corrected chi connectivity index (χ4v) is 4.52. The average molecular weight is 556 g/mol. The Kier molecular flexibility index (Phi) is 7.85. The molecule has 2 aromatic rings. The van der Waals surface area contributed by atoms with Crippen LogP contribution in [0.1, 0.15) is 18.1 Å². The molecule has 1 saturated heterocycles. The first-order valence-electron chi connectivity index (χ1n) is 9.12. The van der Waals surface area contributed by atoms with E-state index in [1.807, 2.05) is 13.0 Å². The molecule has 0 aromatic heterocycles. The molecule has 0 spiro atoms. The van der Waals surface area contributed by atoms with Crippen LogP contribution in [0.3, 0.4) is 0 Å². The maximum Gasteiger partial charge on any atom is 0.293 e. The molecule has 0 N–H and O–H groups in total. The lowest BCUT2D eigenvalue weighted by Crippen LogP contribution is -2.27. The monoisotopic (exact) mass is 555 g/mol. The molecule has 1 aliphatic heterocycles. The third kappa shape index (κ3) is 5.39. The third-order valence-corrected chi connectivity index (χ3v) is 6.06. The van der Waals surface area contributed by atoms with Gasteiger partial charge in [0.05, 0.1) is 21.6 Å². The maximum absolute atomic E-state index is 12.8. The van der Waals surface area contributed by atoms with Gasteiger partial charge in [0, 0.05) is 5.02 Å². The third-order valence-electron chi connectivity index (χ3n) is 4.10. The highest BCUT2D eigenvalue weighted by Crippen LogP contribution is 2.38. The van der Waals surface area contributed by atoms with Gasteiger partial charge in [-0.1, -0.05) is 36.4 Å². The lowest BCUT2D eigenvalue weighted by atomic mass is 10.1. The number of benzene rings is 2. The van der Waals surface area contributed by atoms with Gasteiger partial charge in [-0.3, -0.25) is 14.5 Å². The van der Waals surface area contributed by atoms with Crippen LogP contribution in [0.5, 0.6) is 11.5 Å². The number of amides is 2. The molecule has 5 nitrogen and oxygen atoms in total. The number of hydrogen-bond donors (Lipinski definition) is 0. The molecule has 0 saturated carbocycles. The molecule has 1 aliphatic rings. The molecule has 0 bridgehead atoms. The van der Waals surface area contributed by atoms with Crippen LogP contribution in [-0.4, -0.2) is 29.3 Å². The number of hydrogen-bond acceptors (Lipinski definition) is 5. The van der Waals surface area contributed by atoms with Crippen molar-refractivity contribution in [1.82, 2.24) is 4.90 Å². The zero-order valence-corrected chi connectivity index (χ0v) is 19.9. The van der Waals surface area contributed by atoms with E-state index in [9.17, 15) is 9.59 Å². The summed E-state index contributed by atoms with van der Waals surface area (Å²) in [6, 6.07) is 10.8. The number of thioether (sulfide) groups is 1. The molecule has 0 radical (unpaired) electrons. The van der Waals surface area contributed by atoms with Gasteiger partial charge in [0.25, 0.3) is 11.1 Å². The van der Waals surface area contributed by atoms with E-state index in [-0.39, 0.29) is 17.7 Å². The van der Waals surface area contributed by atoms with E-state index >= 15 is 0 Å². The highest BCUT2D eigenvalue weighted by molar-refractivity contribution is 14.1. The first-order chi connectivity index (χ1) is 14.4. The van der Waals surface area contributed by atoms with Crippen LogP contribution in [-0.2, 0) is 11.3 Å². The predicted octanol–water partition coefficient (Wildman–Crippen LogP) is 6.14. The molecule has 0 unspecified atom stereocenters. The number of nitrogens with zero attached hydrogens (tertiary/aromatic N) is 1. The Labute approximate surface area is 198 Å². The largest absolute Gasteiger partial charge is 0.490 e. The fourth-order valence-electron chi connectivity index (χ4n) is 2.78. The Hall–Kier alpha value is -1.97. The van der Waals surface area contributed by atoms with Crippen molar-refractivity contribution in [1.29, 1.82) is 0 Å². The van der Waals surface area contributed by atoms with Crippen LogP contribution in [0.4, 0.5) is 4.79 Å². The van der Waals surface area contributed by atoms with E-state index in [2.05, 4.69) is 29.2 Å². The maximum atomic E-state index is 12.8. The van der Waals surface area contributed by atoms with Crippen molar-refractivity contribution >= 4 is 63.2 Å². The van der Waals surface area contributed by atoms with Crippen molar-refractivity contribution in [2.75, 3.05) is 13.2 Å². The van der Waals surface area contributed by atoms with Gasteiger partial charge in [-0.15, -0.1) is 0 Å². The van der Waals surface area contributed by atoms with E-state index in [1.165, 1.54) is 4.90 Å². The summed E-state index contributed by atoms with van der Waals surface area (Å²) >= 11 is 8.99. The Morgan fingerprint density at radius 3 is 2.60 bits per heavy atom. The Morgan fingerprint density at radius 1 is 1.20 bits per heavy atom. The second-order valence-corrected chi connectivity index (χ2v) is 8.85. The first-order valence-corrected chi connectivity index (χ1v) is 11.4. The second kappa shape index (κ2) is 10.4. The number of rotatable bonds is 8. The predicted molar refractivity (Wildman–Crippen MR) is 129 cm³/mol. The summed E-state index contributed by atoms with van der Waals surface area (Å²) in [6.45, 7) is 6.59. The van der Waals surface area contributed by atoms with Gasteiger partial charge in [0.15, 0.2) is 11.5 Å². The summed E-state index contributed by atoms with van der Waals surface area (Å²) in [5.74, 6) is 0.892.